The summed E-state index contributed by atoms with van der Waals surface area (Å²) in [5.41, 5.74) is -0.477. The minimum Gasteiger partial charge on any atom is -0.481 e. The van der Waals surface area contributed by atoms with Crippen LogP contribution in [-0.4, -0.2) is 33.9 Å². The standard InChI is InChI=1S/C24H36O5/c1-13(4-7-21(28)29)16-5-6-17-22-18(12-20(27)24(16,17)3)23(2)9-8-15(25)10-14(23)11-19(22)26/h13-14,16-19,22,26H,4-12H2,1-3H3,(H,28,29)/t13-,14?,16-,17+,18+,19?,22+,23+,24-/m1/s1. The normalized spacial score (nSPS) is 47.9. The van der Waals surface area contributed by atoms with E-state index in [2.05, 4.69) is 20.8 Å². The van der Waals surface area contributed by atoms with Crippen molar-refractivity contribution in [2.24, 2.45) is 46.3 Å². The van der Waals surface area contributed by atoms with Crippen LogP contribution >= 0.6 is 0 Å². The van der Waals surface area contributed by atoms with Gasteiger partial charge in [-0.25, -0.2) is 0 Å². The van der Waals surface area contributed by atoms with Crippen LogP contribution in [0.15, 0.2) is 0 Å². The summed E-state index contributed by atoms with van der Waals surface area (Å²) in [7, 11) is 0. The van der Waals surface area contributed by atoms with Crippen molar-refractivity contribution in [1.82, 2.24) is 0 Å². The summed E-state index contributed by atoms with van der Waals surface area (Å²) in [6.45, 7) is 6.48. The molecular weight excluding hydrogens is 368 g/mol. The summed E-state index contributed by atoms with van der Waals surface area (Å²) in [4.78, 5) is 36.7. The maximum Gasteiger partial charge on any atom is 0.303 e. The average molecular weight is 405 g/mol. The van der Waals surface area contributed by atoms with E-state index in [1.807, 2.05) is 0 Å². The molecule has 9 atom stereocenters. The monoisotopic (exact) mass is 404 g/mol. The predicted molar refractivity (Wildman–Crippen MR) is 108 cm³/mol. The second kappa shape index (κ2) is 7.18. The van der Waals surface area contributed by atoms with Gasteiger partial charge in [-0.05, 0) is 73.0 Å². The number of fused-ring (bicyclic) bond motifs is 5. The van der Waals surface area contributed by atoms with E-state index < -0.39 is 17.5 Å². The van der Waals surface area contributed by atoms with Crippen molar-refractivity contribution in [3.63, 3.8) is 0 Å². The highest BCUT2D eigenvalue weighted by atomic mass is 16.4. The SMILES string of the molecule is C[C@H](CCC(=O)O)[C@H]1CC[C@H]2[C@@H]3C(O)CC4CC(=O)CC[C@]4(C)[C@H]3CC(=O)[C@]12C. The number of rotatable bonds is 4. The number of carbonyl (C=O) groups excluding carboxylic acids is 2. The number of aliphatic hydroxyl groups is 1. The van der Waals surface area contributed by atoms with Gasteiger partial charge in [0.25, 0.3) is 0 Å². The first-order valence-electron chi connectivity index (χ1n) is 11.5. The molecule has 0 aliphatic heterocycles. The van der Waals surface area contributed by atoms with E-state index in [9.17, 15) is 19.5 Å². The summed E-state index contributed by atoms with van der Waals surface area (Å²) in [6.07, 6.45) is 5.42. The van der Waals surface area contributed by atoms with Gasteiger partial charge < -0.3 is 10.2 Å². The number of carboxylic acids is 1. The Morgan fingerprint density at radius 1 is 1.17 bits per heavy atom. The molecule has 4 aliphatic carbocycles. The van der Waals surface area contributed by atoms with Crippen LogP contribution in [0.1, 0.15) is 78.6 Å². The molecule has 2 N–H and O–H groups in total. The largest absolute Gasteiger partial charge is 0.481 e. The number of hydrogen-bond acceptors (Lipinski definition) is 4. The zero-order valence-electron chi connectivity index (χ0n) is 18.0. The molecule has 0 aromatic rings. The Balaban J connectivity index is 1.62. The molecule has 4 rings (SSSR count). The third-order valence-corrected chi connectivity index (χ3v) is 9.93. The molecule has 0 radical (unpaired) electrons. The van der Waals surface area contributed by atoms with Crippen molar-refractivity contribution in [3.8, 4) is 0 Å². The van der Waals surface area contributed by atoms with E-state index in [4.69, 9.17) is 5.11 Å². The van der Waals surface area contributed by atoms with Crippen molar-refractivity contribution in [2.45, 2.75) is 84.7 Å². The molecule has 0 spiro atoms. The van der Waals surface area contributed by atoms with Crippen LogP contribution in [-0.2, 0) is 14.4 Å². The maximum atomic E-state index is 13.6. The minimum absolute atomic E-state index is 0.0260. The molecule has 29 heavy (non-hydrogen) atoms. The Bertz CT molecular complexity index is 716. The molecule has 4 saturated carbocycles. The lowest BCUT2D eigenvalue weighted by molar-refractivity contribution is -0.177. The summed E-state index contributed by atoms with van der Waals surface area (Å²) < 4.78 is 0. The molecule has 0 aromatic heterocycles. The minimum atomic E-state index is -0.778. The zero-order valence-corrected chi connectivity index (χ0v) is 18.0. The average Bonchev–Trinajstić information content (AvgIpc) is 3.01. The summed E-state index contributed by atoms with van der Waals surface area (Å²) in [5, 5.41) is 20.3. The highest BCUT2D eigenvalue weighted by Gasteiger charge is 2.65. The fourth-order valence-corrected chi connectivity index (χ4v) is 8.22. The highest BCUT2D eigenvalue weighted by molar-refractivity contribution is 5.87. The molecule has 0 saturated heterocycles. The molecule has 0 heterocycles. The molecule has 4 aliphatic rings. The third-order valence-electron chi connectivity index (χ3n) is 9.93. The lowest BCUT2D eigenvalue weighted by Gasteiger charge is -2.61. The number of carboxylic acid groups (broad SMARTS) is 1. The summed E-state index contributed by atoms with van der Waals surface area (Å²) in [5.74, 6) is 0.911. The summed E-state index contributed by atoms with van der Waals surface area (Å²) >= 11 is 0. The number of carbonyl (C=O) groups is 3. The van der Waals surface area contributed by atoms with Crippen LogP contribution in [0.5, 0.6) is 0 Å². The Morgan fingerprint density at radius 3 is 2.59 bits per heavy atom. The second-order valence-electron chi connectivity index (χ2n) is 11.0. The van der Waals surface area contributed by atoms with Crippen molar-refractivity contribution < 1.29 is 24.6 Å². The second-order valence-corrected chi connectivity index (χ2v) is 11.0. The molecule has 5 heteroatoms. The first-order chi connectivity index (χ1) is 13.6. The van der Waals surface area contributed by atoms with Crippen molar-refractivity contribution >= 4 is 17.5 Å². The Kier molecular flexibility index (Phi) is 5.20. The van der Waals surface area contributed by atoms with Gasteiger partial charge in [0.05, 0.1) is 6.10 Å². The van der Waals surface area contributed by atoms with Crippen LogP contribution in [0.25, 0.3) is 0 Å². The molecule has 5 nitrogen and oxygen atoms in total. The zero-order chi connectivity index (χ0) is 21.1. The molecule has 4 fully saturated rings. The van der Waals surface area contributed by atoms with Crippen LogP contribution in [0.2, 0.25) is 0 Å². The van der Waals surface area contributed by atoms with Crippen molar-refractivity contribution in [1.29, 1.82) is 0 Å². The van der Waals surface area contributed by atoms with E-state index >= 15 is 0 Å². The predicted octanol–water partition coefficient (Wildman–Crippen LogP) is 3.87. The van der Waals surface area contributed by atoms with Gasteiger partial charge >= 0.3 is 5.97 Å². The first kappa shape index (κ1) is 21.0. The van der Waals surface area contributed by atoms with E-state index in [1.165, 1.54) is 0 Å². The molecule has 0 amide bonds. The number of aliphatic hydroxyl groups excluding tert-OH is 1. The fraction of sp³-hybridized carbons (Fsp3) is 0.875. The molecular formula is C24H36O5. The van der Waals surface area contributed by atoms with Crippen LogP contribution in [0.4, 0.5) is 0 Å². The van der Waals surface area contributed by atoms with Gasteiger partial charge in [-0.15, -0.1) is 0 Å². The molecule has 2 unspecified atom stereocenters. The maximum absolute atomic E-state index is 13.6. The lowest BCUT2D eigenvalue weighted by atomic mass is 9.43. The van der Waals surface area contributed by atoms with E-state index in [-0.39, 0.29) is 47.3 Å². The van der Waals surface area contributed by atoms with Gasteiger partial charge in [0, 0.05) is 31.1 Å². The smallest absolute Gasteiger partial charge is 0.303 e. The van der Waals surface area contributed by atoms with Gasteiger partial charge in [0.1, 0.15) is 11.6 Å². The molecule has 162 valence electrons. The Hall–Kier alpha value is -1.23. The highest BCUT2D eigenvalue weighted by Crippen LogP contribution is 2.67. The Morgan fingerprint density at radius 2 is 1.90 bits per heavy atom. The quantitative estimate of drug-likeness (QED) is 0.742. The van der Waals surface area contributed by atoms with E-state index in [0.717, 1.165) is 19.3 Å². The van der Waals surface area contributed by atoms with E-state index in [1.54, 1.807) is 0 Å². The number of hydrogen-bond donors (Lipinski definition) is 2. The van der Waals surface area contributed by atoms with Crippen LogP contribution in [0.3, 0.4) is 0 Å². The van der Waals surface area contributed by atoms with Crippen LogP contribution < -0.4 is 0 Å². The van der Waals surface area contributed by atoms with Gasteiger partial charge in [0.2, 0.25) is 0 Å². The topological polar surface area (TPSA) is 91.7 Å². The number of ketones is 2. The number of aliphatic carboxylic acids is 1. The molecule has 0 bridgehead atoms. The van der Waals surface area contributed by atoms with Gasteiger partial charge in [-0.3, -0.25) is 14.4 Å². The van der Waals surface area contributed by atoms with Crippen molar-refractivity contribution in [3.05, 3.63) is 0 Å². The van der Waals surface area contributed by atoms with Gasteiger partial charge in [-0.2, -0.15) is 0 Å². The Labute approximate surface area is 173 Å². The summed E-state index contributed by atoms with van der Waals surface area (Å²) in [6, 6.07) is 0. The van der Waals surface area contributed by atoms with Crippen LogP contribution in [0, 0.1) is 46.3 Å². The van der Waals surface area contributed by atoms with Crippen molar-refractivity contribution in [2.75, 3.05) is 0 Å². The molecule has 0 aromatic carbocycles. The third kappa shape index (κ3) is 3.10. The fourth-order valence-electron chi connectivity index (χ4n) is 8.22. The first-order valence-corrected chi connectivity index (χ1v) is 11.5. The number of Topliss-reactive ketones (excluding diaryl/α,β-unsaturated/α-hetero) is 2. The van der Waals surface area contributed by atoms with E-state index in [0.29, 0.717) is 43.7 Å². The van der Waals surface area contributed by atoms with Gasteiger partial charge in [0.15, 0.2) is 0 Å². The van der Waals surface area contributed by atoms with Gasteiger partial charge in [-0.1, -0.05) is 20.8 Å². The lowest BCUT2D eigenvalue weighted by Crippen LogP contribution is -2.61.